The molecule has 4 aromatic carbocycles. The van der Waals surface area contributed by atoms with Crippen LogP contribution in [0.25, 0.3) is 28.0 Å². The van der Waals surface area contributed by atoms with Crippen molar-refractivity contribution in [2.45, 2.75) is 167 Å². The molecule has 7 rings (SSSR count). The van der Waals surface area contributed by atoms with Crippen LogP contribution in [0.2, 0.25) is 0 Å². The van der Waals surface area contributed by atoms with Crippen molar-refractivity contribution in [1.82, 2.24) is 0 Å². The molecule has 6 N–H and O–H groups in total. The lowest BCUT2D eigenvalue weighted by molar-refractivity contribution is 0.517. The summed E-state index contributed by atoms with van der Waals surface area (Å²) in [5, 5.41) is 2.59. The number of rotatable bonds is 17. The highest BCUT2D eigenvalue weighted by Crippen LogP contribution is 2.36. The van der Waals surface area contributed by atoms with Crippen molar-refractivity contribution in [1.29, 1.82) is 0 Å². The molecule has 4 aromatic rings. The smallest absolute Gasteiger partial charge is 0.0109 e. The predicted octanol–water partition coefficient (Wildman–Crippen LogP) is 21.8. The fourth-order valence-electron chi connectivity index (χ4n) is 10.3. The summed E-state index contributed by atoms with van der Waals surface area (Å²) in [7, 11) is 0. The van der Waals surface area contributed by atoms with Gasteiger partial charge < -0.3 is 17.2 Å². The van der Waals surface area contributed by atoms with E-state index in [0.717, 1.165) is 6.42 Å². The number of aryl methyl sites for hydroxylation is 2. The Morgan fingerprint density at radius 1 is 0.488 bits per heavy atom. The summed E-state index contributed by atoms with van der Waals surface area (Å²) >= 11 is 0. The van der Waals surface area contributed by atoms with Gasteiger partial charge in [-0.25, -0.2) is 0 Å². The summed E-state index contributed by atoms with van der Waals surface area (Å²) in [6.45, 7) is 28.7. The van der Waals surface area contributed by atoms with Gasteiger partial charge in [0, 0.05) is 19.6 Å². The zero-order chi connectivity index (χ0) is 61.2. The molecule has 0 heterocycles. The third kappa shape index (κ3) is 26.5. The SMILES string of the molecule is CC(C)(C)C(=C\C=C\CN)/C=C/c1ccc2c(c1)CCCC2.CC/C=C(C)/C=C/C=C(/c1ccc2ccccc2c1)C(C)(C)C.CC1=C(/C=C/C(=C/C=C/CN)C(C)(C)C)CCCC1.NC/C=C/C=C(/C=C/C1=CCCCC1)c1ccccc1. The van der Waals surface area contributed by atoms with E-state index < -0.39 is 0 Å². The Balaban J connectivity index is 0.000000241. The van der Waals surface area contributed by atoms with E-state index in [9.17, 15) is 0 Å². The van der Waals surface area contributed by atoms with Gasteiger partial charge in [-0.1, -0.05) is 292 Å². The van der Waals surface area contributed by atoms with Gasteiger partial charge in [-0.05, 0) is 186 Å². The molecular formula is C81H109N3. The van der Waals surface area contributed by atoms with E-state index in [1.807, 2.05) is 30.4 Å². The summed E-state index contributed by atoms with van der Waals surface area (Å²) < 4.78 is 0. The first-order valence-electron chi connectivity index (χ1n) is 31.6. The maximum atomic E-state index is 5.52. The second kappa shape index (κ2) is 37.6. The van der Waals surface area contributed by atoms with Crippen LogP contribution in [-0.2, 0) is 12.8 Å². The van der Waals surface area contributed by atoms with Crippen LogP contribution in [0.15, 0.2) is 240 Å². The van der Waals surface area contributed by atoms with E-state index in [0.29, 0.717) is 19.6 Å². The Bertz CT molecular complexity index is 3080. The highest BCUT2D eigenvalue weighted by atomic mass is 14.5. The predicted molar refractivity (Wildman–Crippen MR) is 377 cm³/mol. The highest BCUT2D eigenvalue weighted by molar-refractivity contribution is 5.87. The zero-order valence-corrected chi connectivity index (χ0v) is 54.3. The topological polar surface area (TPSA) is 78.1 Å². The lowest BCUT2D eigenvalue weighted by atomic mass is 9.81. The molecule has 0 saturated heterocycles. The average molecular weight is 1120 g/mol. The van der Waals surface area contributed by atoms with Crippen LogP contribution in [0.4, 0.5) is 0 Å². The van der Waals surface area contributed by atoms with Crippen molar-refractivity contribution in [2.24, 2.45) is 33.4 Å². The molecule has 0 unspecified atom stereocenters. The molecule has 0 aromatic heterocycles. The summed E-state index contributed by atoms with van der Waals surface area (Å²) in [5.74, 6) is 0. The molecule has 84 heavy (non-hydrogen) atoms. The summed E-state index contributed by atoms with van der Waals surface area (Å²) in [4.78, 5) is 0. The standard InChI is InChI=1S/C23H28.C21H29N.C19H23N.C18H29N/c1-6-10-18(2)11-9-14-22(23(3,4)5)21-16-15-19-12-7-8-13-20(19)17-21;1-21(2,3)20(10-6-7-15-22)14-12-17-11-13-18-8-4-5-9-19(18)16-17;20-16-8-7-13-19(18-11-5-2-6-12-18)15-14-17-9-3-1-4-10-17;1-15-9-5-6-10-16(15)12-13-17(18(2,3)4)11-7-8-14-19/h7-17H,6H2,1-5H3;6-7,10-14,16H,4-5,8-9,15,22H2,1-3H3;2,5-9,11-15H,1,3-4,10,16,20H2;7-8,11-13H,5-6,9-10,14,19H2,1-4H3/b11-9+,18-10+,22-14-;7-6+,14-12+,20-10-;8-7+,15-14+,19-13-;8-7+,13-12+,17-11-. The van der Waals surface area contributed by atoms with Crippen LogP contribution in [0.3, 0.4) is 0 Å². The second-order valence-corrected chi connectivity index (χ2v) is 25.6. The molecule has 0 fully saturated rings. The molecular weight excluding hydrogens is 1010 g/mol. The van der Waals surface area contributed by atoms with Crippen LogP contribution in [0, 0.1) is 16.2 Å². The summed E-state index contributed by atoms with van der Waals surface area (Å²) in [6.07, 6.45) is 59.8. The van der Waals surface area contributed by atoms with Gasteiger partial charge in [0.05, 0.1) is 0 Å². The fourth-order valence-corrected chi connectivity index (χ4v) is 10.3. The summed E-state index contributed by atoms with van der Waals surface area (Å²) in [6, 6.07) is 32.7. The number of fused-ring (bicyclic) bond motifs is 2. The third-order valence-electron chi connectivity index (χ3n) is 15.4. The second-order valence-electron chi connectivity index (χ2n) is 25.6. The van der Waals surface area contributed by atoms with Gasteiger partial charge in [-0.2, -0.15) is 0 Å². The van der Waals surface area contributed by atoms with E-state index in [1.165, 1.54) is 149 Å². The molecule has 0 radical (unpaired) electrons. The molecule has 3 aliphatic rings. The van der Waals surface area contributed by atoms with Crippen LogP contribution >= 0.6 is 0 Å². The molecule has 3 heteroatoms. The lowest BCUT2D eigenvalue weighted by Crippen LogP contribution is -2.08. The maximum absolute atomic E-state index is 5.52. The van der Waals surface area contributed by atoms with Crippen molar-refractivity contribution in [3.05, 3.63) is 268 Å². The molecule has 0 aliphatic heterocycles. The van der Waals surface area contributed by atoms with Crippen molar-refractivity contribution in [3.63, 3.8) is 0 Å². The van der Waals surface area contributed by atoms with Crippen molar-refractivity contribution < 1.29 is 0 Å². The van der Waals surface area contributed by atoms with Gasteiger partial charge in [-0.15, -0.1) is 0 Å². The number of hydrogen-bond acceptors (Lipinski definition) is 3. The van der Waals surface area contributed by atoms with Crippen LogP contribution in [-0.4, -0.2) is 19.6 Å². The minimum atomic E-state index is 0.106. The zero-order valence-electron chi connectivity index (χ0n) is 54.3. The average Bonchev–Trinajstić information content (AvgIpc) is 3.66. The monoisotopic (exact) mass is 1120 g/mol. The third-order valence-corrected chi connectivity index (χ3v) is 15.4. The minimum absolute atomic E-state index is 0.106. The van der Waals surface area contributed by atoms with E-state index >= 15 is 0 Å². The Kier molecular flexibility index (Phi) is 31.3. The van der Waals surface area contributed by atoms with Gasteiger partial charge in [0.25, 0.3) is 0 Å². The van der Waals surface area contributed by atoms with Crippen LogP contribution in [0.5, 0.6) is 0 Å². The van der Waals surface area contributed by atoms with Gasteiger partial charge in [0.15, 0.2) is 0 Å². The van der Waals surface area contributed by atoms with E-state index in [2.05, 4.69) is 265 Å². The first kappa shape index (κ1) is 69.9. The molecule has 0 bridgehead atoms. The first-order chi connectivity index (χ1) is 40.3. The molecule has 448 valence electrons. The molecule has 0 amide bonds. The lowest BCUT2D eigenvalue weighted by Gasteiger charge is -2.23. The molecule has 3 aliphatic carbocycles. The molecule has 0 spiro atoms. The van der Waals surface area contributed by atoms with Crippen molar-refractivity contribution in [3.8, 4) is 0 Å². The number of allylic oxidation sites excluding steroid dienone is 24. The van der Waals surface area contributed by atoms with Gasteiger partial charge in [0.2, 0.25) is 0 Å². The molecule has 0 atom stereocenters. The van der Waals surface area contributed by atoms with Crippen molar-refractivity contribution >= 4 is 28.0 Å². The maximum Gasteiger partial charge on any atom is 0.0109 e. The minimum Gasteiger partial charge on any atom is -0.327 e. The van der Waals surface area contributed by atoms with E-state index in [4.69, 9.17) is 17.2 Å². The quantitative estimate of drug-likeness (QED) is 0.0922. The first-order valence-corrected chi connectivity index (χ1v) is 31.6. The largest absolute Gasteiger partial charge is 0.327 e. The van der Waals surface area contributed by atoms with E-state index in [1.54, 1.807) is 11.1 Å². The highest BCUT2D eigenvalue weighted by Gasteiger charge is 2.19. The van der Waals surface area contributed by atoms with Gasteiger partial charge in [-0.3, -0.25) is 0 Å². The summed E-state index contributed by atoms with van der Waals surface area (Å²) in [5.41, 5.74) is 35.0. The molecule has 0 saturated carbocycles. The van der Waals surface area contributed by atoms with Gasteiger partial charge in [0.1, 0.15) is 0 Å². The Hall–Kier alpha value is -6.62. The van der Waals surface area contributed by atoms with Crippen molar-refractivity contribution in [2.75, 3.05) is 19.6 Å². The number of nitrogens with two attached hydrogens (primary N) is 3. The Morgan fingerprint density at radius 2 is 1.07 bits per heavy atom. The van der Waals surface area contributed by atoms with Crippen LogP contribution < -0.4 is 17.2 Å². The number of benzene rings is 4. The van der Waals surface area contributed by atoms with Crippen LogP contribution in [0.1, 0.15) is 182 Å². The normalized spacial score (nSPS) is 16.4. The molecule has 3 nitrogen and oxygen atoms in total. The van der Waals surface area contributed by atoms with Gasteiger partial charge >= 0.3 is 0 Å². The fraction of sp³-hybridized carbons (Fsp3) is 0.383. The van der Waals surface area contributed by atoms with E-state index in [-0.39, 0.29) is 16.2 Å². The Labute approximate surface area is 512 Å². The number of hydrogen-bond donors (Lipinski definition) is 3. The Morgan fingerprint density at radius 3 is 1.67 bits per heavy atom.